The van der Waals surface area contributed by atoms with E-state index in [0.717, 1.165) is 36.3 Å². The molecule has 0 atom stereocenters. The van der Waals surface area contributed by atoms with Crippen molar-refractivity contribution >= 4 is 17.1 Å². The molecule has 0 aliphatic rings. The maximum Gasteiger partial charge on any atom is 0.0467 e. The van der Waals surface area contributed by atoms with E-state index in [9.17, 15) is 0 Å². The number of benzene rings is 5. The van der Waals surface area contributed by atoms with Crippen molar-refractivity contribution in [3.8, 4) is 22.3 Å². The standard InChI is InChI=1S/C41H45N/c1-7-40(4,5)35-26-28-38(29-27-35)42(37-15-11-10-12-16-37)39-17-13-14-34(30-39)33-20-18-31(19-21-33)32-22-24-36(25-23-32)41(6,8-2)9-3/h10-30H,7-9H2,1-6H3. The highest BCUT2D eigenvalue weighted by molar-refractivity contribution is 5.80. The normalized spacial score (nSPS) is 11.9. The lowest BCUT2D eigenvalue weighted by atomic mass is 9.77. The molecular weight excluding hydrogens is 506 g/mol. The summed E-state index contributed by atoms with van der Waals surface area (Å²) >= 11 is 0. The highest BCUT2D eigenvalue weighted by Gasteiger charge is 2.22. The van der Waals surface area contributed by atoms with Gasteiger partial charge in [0, 0.05) is 17.1 Å². The summed E-state index contributed by atoms with van der Waals surface area (Å²) in [6.07, 6.45) is 3.42. The van der Waals surface area contributed by atoms with Crippen LogP contribution in [0.5, 0.6) is 0 Å². The molecule has 1 nitrogen and oxygen atoms in total. The summed E-state index contributed by atoms with van der Waals surface area (Å²) in [5.41, 5.74) is 11.6. The molecule has 0 aliphatic heterocycles. The maximum atomic E-state index is 2.37. The number of rotatable bonds is 10. The summed E-state index contributed by atoms with van der Waals surface area (Å²) in [6, 6.07) is 46.8. The first-order valence-electron chi connectivity index (χ1n) is 15.5. The SMILES string of the molecule is CCC(C)(C)c1ccc(N(c2ccccc2)c2cccc(-c3ccc(-c4ccc(C(C)(CC)CC)cc4)cc3)c2)cc1. The summed E-state index contributed by atoms with van der Waals surface area (Å²) in [5.74, 6) is 0. The minimum atomic E-state index is 0.163. The first-order chi connectivity index (χ1) is 20.3. The molecule has 0 aromatic heterocycles. The van der Waals surface area contributed by atoms with Crippen LogP contribution in [0, 0.1) is 0 Å². The number of hydrogen-bond donors (Lipinski definition) is 0. The minimum absolute atomic E-state index is 0.163. The molecule has 5 rings (SSSR count). The molecule has 5 aromatic rings. The molecule has 0 amide bonds. The Bertz CT molecular complexity index is 1570. The predicted molar refractivity (Wildman–Crippen MR) is 183 cm³/mol. The summed E-state index contributed by atoms with van der Waals surface area (Å²) in [6.45, 7) is 13.8. The summed E-state index contributed by atoms with van der Waals surface area (Å²) in [7, 11) is 0. The molecule has 0 saturated heterocycles. The third-order valence-corrected chi connectivity index (χ3v) is 9.60. The van der Waals surface area contributed by atoms with Gasteiger partial charge in [0.2, 0.25) is 0 Å². The van der Waals surface area contributed by atoms with Gasteiger partial charge in [0.1, 0.15) is 0 Å². The lowest BCUT2D eigenvalue weighted by molar-refractivity contribution is 0.439. The van der Waals surface area contributed by atoms with Gasteiger partial charge in [-0.05, 0) is 99.9 Å². The highest BCUT2D eigenvalue weighted by Crippen LogP contribution is 2.38. The topological polar surface area (TPSA) is 3.24 Å². The van der Waals surface area contributed by atoms with Crippen molar-refractivity contribution in [3.63, 3.8) is 0 Å². The zero-order valence-corrected chi connectivity index (χ0v) is 26.2. The van der Waals surface area contributed by atoms with Gasteiger partial charge in [0.05, 0.1) is 0 Å². The Balaban J connectivity index is 1.45. The van der Waals surface area contributed by atoms with E-state index in [1.807, 2.05) is 0 Å². The summed E-state index contributed by atoms with van der Waals surface area (Å²) in [4.78, 5) is 2.35. The Morgan fingerprint density at radius 2 is 0.905 bits per heavy atom. The van der Waals surface area contributed by atoms with Crippen molar-refractivity contribution in [2.75, 3.05) is 4.90 Å². The van der Waals surface area contributed by atoms with Gasteiger partial charge in [0.25, 0.3) is 0 Å². The Hall–Kier alpha value is -4.10. The largest absolute Gasteiger partial charge is 0.310 e. The van der Waals surface area contributed by atoms with E-state index >= 15 is 0 Å². The number of anilines is 3. The van der Waals surface area contributed by atoms with E-state index in [1.54, 1.807) is 0 Å². The molecule has 0 bridgehead atoms. The Morgan fingerprint density at radius 3 is 1.45 bits per heavy atom. The minimum Gasteiger partial charge on any atom is -0.310 e. The molecule has 0 unspecified atom stereocenters. The number of nitrogens with zero attached hydrogens (tertiary/aromatic N) is 1. The summed E-state index contributed by atoms with van der Waals surface area (Å²) in [5, 5.41) is 0. The van der Waals surface area contributed by atoms with Crippen LogP contribution in [0.1, 0.15) is 71.9 Å². The van der Waals surface area contributed by atoms with E-state index in [1.165, 1.54) is 33.4 Å². The van der Waals surface area contributed by atoms with Crippen molar-refractivity contribution < 1.29 is 0 Å². The molecule has 42 heavy (non-hydrogen) atoms. The zero-order chi connectivity index (χ0) is 29.7. The fourth-order valence-corrected chi connectivity index (χ4v) is 5.69. The Labute approximate surface area is 253 Å². The molecule has 0 aliphatic carbocycles. The lowest BCUT2D eigenvalue weighted by Gasteiger charge is -2.28. The van der Waals surface area contributed by atoms with Crippen LogP contribution in [0.2, 0.25) is 0 Å². The van der Waals surface area contributed by atoms with Gasteiger partial charge in [-0.15, -0.1) is 0 Å². The first-order valence-corrected chi connectivity index (χ1v) is 15.5. The van der Waals surface area contributed by atoms with E-state index in [0.29, 0.717) is 0 Å². The Morgan fingerprint density at radius 1 is 0.429 bits per heavy atom. The molecule has 0 fully saturated rings. The molecule has 0 N–H and O–H groups in total. The van der Waals surface area contributed by atoms with Crippen molar-refractivity contribution in [2.24, 2.45) is 0 Å². The average molecular weight is 552 g/mol. The second-order valence-electron chi connectivity index (χ2n) is 12.4. The monoisotopic (exact) mass is 551 g/mol. The van der Waals surface area contributed by atoms with Crippen LogP contribution in [0.15, 0.2) is 127 Å². The van der Waals surface area contributed by atoms with Gasteiger partial charge in [0.15, 0.2) is 0 Å². The number of hydrogen-bond acceptors (Lipinski definition) is 1. The molecule has 214 valence electrons. The Kier molecular flexibility index (Phi) is 8.69. The van der Waals surface area contributed by atoms with Gasteiger partial charge in [-0.3, -0.25) is 0 Å². The van der Waals surface area contributed by atoms with Crippen LogP contribution in [0.4, 0.5) is 17.1 Å². The van der Waals surface area contributed by atoms with Crippen LogP contribution < -0.4 is 4.90 Å². The van der Waals surface area contributed by atoms with E-state index in [2.05, 4.69) is 174 Å². The van der Waals surface area contributed by atoms with Gasteiger partial charge in [-0.2, -0.15) is 0 Å². The second kappa shape index (κ2) is 12.4. The van der Waals surface area contributed by atoms with Crippen molar-refractivity contribution in [1.82, 2.24) is 0 Å². The molecule has 0 saturated carbocycles. The van der Waals surface area contributed by atoms with Gasteiger partial charge >= 0.3 is 0 Å². The molecule has 1 heteroatoms. The molecule has 0 heterocycles. The predicted octanol–water partition coefficient (Wildman–Crippen LogP) is 12.3. The quantitative estimate of drug-likeness (QED) is 0.167. The number of para-hydroxylation sites is 1. The van der Waals surface area contributed by atoms with Crippen molar-refractivity contribution in [1.29, 1.82) is 0 Å². The average Bonchev–Trinajstić information content (AvgIpc) is 3.05. The van der Waals surface area contributed by atoms with Gasteiger partial charge in [-0.1, -0.05) is 133 Å². The van der Waals surface area contributed by atoms with Gasteiger partial charge in [-0.25, -0.2) is 0 Å². The van der Waals surface area contributed by atoms with Crippen LogP contribution in [-0.4, -0.2) is 0 Å². The molecular formula is C41H45N. The van der Waals surface area contributed by atoms with Crippen LogP contribution in [0.25, 0.3) is 22.3 Å². The molecule has 0 spiro atoms. The fourth-order valence-electron chi connectivity index (χ4n) is 5.69. The van der Waals surface area contributed by atoms with Crippen molar-refractivity contribution in [2.45, 2.75) is 71.6 Å². The summed E-state index contributed by atoms with van der Waals surface area (Å²) < 4.78 is 0. The van der Waals surface area contributed by atoms with E-state index in [-0.39, 0.29) is 10.8 Å². The van der Waals surface area contributed by atoms with Crippen LogP contribution in [-0.2, 0) is 10.8 Å². The van der Waals surface area contributed by atoms with Crippen LogP contribution >= 0.6 is 0 Å². The van der Waals surface area contributed by atoms with Gasteiger partial charge < -0.3 is 4.90 Å². The fraction of sp³-hybridized carbons (Fsp3) is 0.268. The molecule has 0 radical (unpaired) electrons. The first kappa shape index (κ1) is 29.4. The maximum absolute atomic E-state index is 2.37. The second-order valence-corrected chi connectivity index (χ2v) is 12.4. The highest BCUT2D eigenvalue weighted by atomic mass is 15.1. The van der Waals surface area contributed by atoms with Crippen LogP contribution in [0.3, 0.4) is 0 Å². The third-order valence-electron chi connectivity index (χ3n) is 9.60. The molecule has 5 aromatic carbocycles. The smallest absolute Gasteiger partial charge is 0.0467 e. The third kappa shape index (κ3) is 6.07. The van der Waals surface area contributed by atoms with E-state index in [4.69, 9.17) is 0 Å². The van der Waals surface area contributed by atoms with Crippen molar-refractivity contribution in [3.05, 3.63) is 139 Å². The zero-order valence-electron chi connectivity index (χ0n) is 26.2. The van der Waals surface area contributed by atoms with E-state index < -0.39 is 0 Å². The lowest BCUT2D eigenvalue weighted by Crippen LogP contribution is -2.19.